The maximum atomic E-state index is 11.8. The molecule has 0 fully saturated rings. The molecule has 5 heteroatoms. The number of aromatic hydroxyl groups is 1. The van der Waals surface area contributed by atoms with Gasteiger partial charge < -0.3 is 14.8 Å². The van der Waals surface area contributed by atoms with Crippen molar-refractivity contribution in [3.8, 4) is 28.3 Å². The summed E-state index contributed by atoms with van der Waals surface area (Å²) in [6.45, 7) is 4.34. The molecule has 2 N–H and O–H groups in total. The molecule has 0 bridgehead atoms. The SMILES string of the molecule is COC(=O)c1ccc2nc(-c3cc(-c4ccc(C(C)C)cc4)ccc3O)[nH]c2c1. The van der Waals surface area contributed by atoms with Gasteiger partial charge in [-0.2, -0.15) is 0 Å². The van der Waals surface area contributed by atoms with E-state index in [0.29, 0.717) is 33.9 Å². The summed E-state index contributed by atoms with van der Waals surface area (Å²) in [4.78, 5) is 19.5. The molecule has 0 unspecified atom stereocenters. The van der Waals surface area contributed by atoms with Gasteiger partial charge in [0.05, 0.1) is 29.3 Å². The molecule has 0 spiro atoms. The highest BCUT2D eigenvalue weighted by atomic mass is 16.5. The number of esters is 1. The molecule has 146 valence electrons. The van der Waals surface area contributed by atoms with Gasteiger partial charge in [0.2, 0.25) is 0 Å². The molecule has 0 radical (unpaired) electrons. The van der Waals surface area contributed by atoms with Crippen molar-refractivity contribution in [2.24, 2.45) is 0 Å². The Bertz CT molecular complexity index is 1190. The fourth-order valence-corrected chi connectivity index (χ4v) is 3.35. The number of carbonyl (C=O) groups is 1. The number of aromatic amines is 1. The summed E-state index contributed by atoms with van der Waals surface area (Å²) < 4.78 is 4.77. The molecule has 0 aliphatic carbocycles. The second-order valence-electron chi connectivity index (χ2n) is 7.32. The van der Waals surface area contributed by atoms with E-state index in [0.717, 1.165) is 11.1 Å². The molecule has 0 amide bonds. The van der Waals surface area contributed by atoms with E-state index in [1.165, 1.54) is 12.7 Å². The van der Waals surface area contributed by atoms with Gasteiger partial charge in [-0.15, -0.1) is 0 Å². The Labute approximate surface area is 169 Å². The topological polar surface area (TPSA) is 75.2 Å². The molecule has 4 aromatic rings. The molecule has 0 aliphatic rings. The van der Waals surface area contributed by atoms with Crippen LogP contribution in [0.3, 0.4) is 0 Å². The maximum Gasteiger partial charge on any atom is 0.337 e. The Morgan fingerprint density at radius 3 is 2.41 bits per heavy atom. The van der Waals surface area contributed by atoms with E-state index in [1.807, 2.05) is 12.1 Å². The van der Waals surface area contributed by atoms with Crippen LogP contribution in [0.2, 0.25) is 0 Å². The first kappa shape index (κ1) is 18.7. The molecule has 5 nitrogen and oxygen atoms in total. The third-order valence-corrected chi connectivity index (χ3v) is 5.07. The summed E-state index contributed by atoms with van der Waals surface area (Å²) in [5, 5.41) is 10.4. The molecule has 0 saturated carbocycles. The first-order valence-electron chi connectivity index (χ1n) is 9.48. The zero-order chi connectivity index (χ0) is 20.5. The number of hydrogen-bond acceptors (Lipinski definition) is 4. The second-order valence-corrected chi connectivity index (χ2v) is 7.32. The standard InChI is InChI=1S/C24H22N2O3/c1-14(2)15-4-6-16(7-5-15)17-9-11-22(27)19(12-17)23-25-20-10-8-18(24(28)29-3)13-21(20)26-23/h4-14,27H,1-3H3,(H,25,26). The number of aromatic nitrogens is 2. The number of phenols is 1. The normalized spacial score (nSPS) is 11.2. The number of H-pyrrole nitrogens is 1. The smallest absolute Gasteiger partial charge is 0.337 e. The molecule has 0 saturated heterocycles. The van der Waals surface area contributed by atoms with Gasteiger partial charge in [-0.3, -0.25) is 0 Å². The number of nitrogens with zero attached hydrogens (tertiary/aromatic N) is 1. The summed E-state index contributed by atoms with van der Waals surface area (Å²) in [5.41, 5.74) is 5.80. The number of phenolic OH excluding ortho intramolecular Hbond substituents is 1. The van der Waals surface area contributed by atoms with E-state index >= 15 is 0 Å². The van der Waals surface area contributed by atoms with Gasteiger partial charge in [0.25, 0.3) is 0 Å². The molecule has 4 rings (SSSR count). The monoisotopic (exact) mass is 386 g/mol. The number of benzene rings is 3. The predicted octanol–water partition coefficient (Wildman–Crippen LogP) is 5.51. The fourth-order valence-electron chi connectivity index (χ4n) is 3.35. The summed E-state index contributed by atoms with van der Waals surface area (Å²) in [7, 11) is 1.35. The molecule has 1 aromatic heterocycles. The van der Waals surface area contributed by atoms with Crippen molar-refractivity contribution in [2.75, 3.05) is 7.11 Å². The van der Waals surface area contributed by atoms with E-state index in [4.69, 9.17) is 4.74 Å². The van der Waals surface area contributed by atoms with Crippen molar-refractivity contribution in [3.05, 3.63) is 71.8 Å². The Kier molecular flexibility index (Phi) is 4.80. The number of carbonyl (C=O) groups excluding carboxylic acids is 1. The second kappa shape index (κ2) is 7.43. The van der Waals surface area contributed by atoms with Gasteiger partial charge in [-0.25, -0.2) is 9.78 Å². The van der Waals surface area contributed by atoms with Crippen LogP contribution in [0.1, 0.15) is 35.7 Å². The third-order valence-electron chi connectivity index (χ3n) is 5.07. The first-order valence-corrected chi connectivity index (χ1v) is 9.48. The molecule has 0 aliphatic heterocycles. The zero-order valence-electron chi connectivity index (χ0n) is 16.6. The van der Waals surface area contributed by atoms with Crippen LogP contribution in [0.5, 0.6) is 5.75 Å². The minimum absolute atomic E-state index is 0.139. The van der Waals surface area contributed by atoms with Crippen molar-refractivity contribution in [3.63, 3.8) is 0 Å². The number of rotatable bonds is 4. The lowest BCUT2D eigenvalue weighted by Crippen LogP contribution is -2.00. The average molecular weight is 386 g/mol. The summed E-state index contributed by atoms with van der Waals surface area (Å²) >= 11 is 0. The number of fused-ring (bicyclic) bond motifs is 1. The quantitative estimate of drug-likeness (QED) is 0.453. The molecular formula is C24H22N2O3. The Hall–Kier alpha value is -3.60. The zero-order valence-corrected chi connectivity index (χ0v) is 16.6. The Morgan fingerprint density at radius 1 is 1.00 bits per heavy atom. The third kappa shape index (κ3) is 3.59. The number of methoxy groups -OCH3 is 1. The molecule has 29 heavy (non-hydrogen) atoms. The fraction of sp³-hybridized carbons (Fsp3) is 0.167. The number of nitrogens with one attached hydrogen (secondary N) is 1. The van der Waals surface area contributed by atoms with Crippen molar-refractivity contribution in [1.82, 2.24) is 9.97 Å². The van der Waals surface area contributed by atoms with E-state index in [-0.39, 0.29) is 5.75 Å². The van der Waals surface area contributed by atoms with Crippen molar-refractivity contribution < 1.29 is 14.6 Å². The highest BCUT2D eigenvalue weighted by Gasteiger charge is 2.14. The summed E-state index contributed by atoms with van der Waals surface area (Å²) in [6, 6.07) is 19.0. The van der Waals surface area contributed by atoms with E-state index in [9.17, 15) is 9.90 Å². The summed E-state index contributed by atoms with van der Waals surface area (Å²) in [6.07, 6.45) is 0. The lowest BCUT2D eigenvalue weighted by atomic mass is 9.97. The Balaban J connectivity index is 1.75. The largest absolute Gasteiger partial charge is 0.507 e. The van der Waals surface area contributed by atoms with Crippen LogP contribution in [0.15, 0.2) is 60.7 Å². The lowest BCUT2D eigenvalue weighted by Gasteiger charge is -2.09. The highest BCUT2D eigenvalue weighted by molar-refractivity contribution is 5.94. The van der Waals surface area contributed by atoms with Crippen LogP contribution >= 0.6 is 0 Å². The predicted molar refractivity (Wildman–Crippen MR) is 114 cm³/mol. The van der Waals surface area contributed by atoms with Crippen LogP contribution in [-0.4, -0.2) is 28.2 Å². The van der Waals surface area contributed by atoms with Gasteiger partial charge in [0, 0.05) is 0 Å². The van der Waals surface area contributed by atoms with Gasteiger partial charge in [-0.1, -0.05) is 44.2 Å². The van der Waals surface area contributed by atoms with Crippen LogP contribution in [-0.2, 0) is 4.74 Å². The molecular weight excluding hydrogens is 364 g/mol. The number of imidazole rings is 1. The van der Waals surface area contributed by atoms with Gasteiger partial charge in [0.1, 0.15) is 11.6 Å². The van der Waals surface area contributed by atoms with Crippen molar-refractivity contribution in [2.45, 2.75) is 19.8 Å². The molecule has 3 aromatic carbocycles. The number of ether oxygens (including phenoxy) is 1. The van der Waals surface area contributed by atoms with Gasteiger partial charge in [-0.05, 0) is 52.9 Å². The van der Waals surface area contributed by atoms with E-state index in [2.05, 4.69) is 48.1 Å². The van der Waals surface area contributed by atoms with Crippen LogP contribution in [0, 0.1) is 0 Å². The molecule has 1 heterocycles. The van der Waals surface area contributed by atoms with Gasteiger partial charge >= 0.3 is 5.97 Å². The summed E-state index contributed by atoms with van der Waals surface area (Å²) in [5.74, 6) is 0.752. The minimum atomic E-state index is -0.405. The van der Waals surface area contributed by atoms with E-state index < -0.39 is 5.97 Å². The first-order chi connectivity index (χ1) is 14.0. The highest BCUT2D eigenvalue weighted by Crippen LogP contribution is 2.33. The number of hydrogen-bond donors (Lipinski definition) is 2. The maximum absolute atomic E-state index is 11.8. The van der Waals surface area contributed by atoms with Crippen LogP contribution < -0.4 is 0 Å². The van der Waals surface area contributed by atoms with Crippen molar-refractivity contribution in [1.29, 1.82) is 0 Å². The van der Waals surface area contributed by atoms with Crippen molar-refractivity contribution >= 4 is 17.0 Å². The average Bonchev–Trinajstić information content (AvgIpc) is 3.16. The van der Waals surface area contributed by atoms with Crippen LogP contribution in [0.25, 0.3) is 33.5 Å². The Morgan fingerprint density at radius 2 is 1.72 bits per heavy atom. The van der Waals surface area contributed by atoms with E-state index in [1.54, 1.807) is 24.3 Å². The minimum Gasteiger partial charge on any atom is -0.507 e. The lowest BCUT2D eigenvalue weighted by molar-refractivity contribution is 0.0601. The van der Waals surface area contributed by atoms with Gasteiger partial charge in [0.15, 0.2) is 0 Å². The molecule has 0 atom stereocenters. The van der Waals surface area contributed by atoms with Crippen LogP contribution in [0.4, 0.5) is 0 Å².